The molecule has 2 aliphatic rings. The van der Waals surface area contributed by atoms with Crippen LogP contribution in [0.15, 0.2) is 236 Å². The van der Waals surface area contributed by atoms with Crippen LogP contribution in [0.5, 0.6) is 0 Å². The topological polar surface area (TPSA) is 9.72 Å². The molecule has 0 fully saturated rings. The van der Waals surface area contributed by atoms with Crippen LogP contribution in [0.3, 0.4) is 0 Å². The van der Waals surface area contributed by atoms with Crippen molar-refractivity contribution in [2.24, 2.45) is 0 Å². The quantitative estimate of drug-likeness (QED) is 0.0645. The largest absolute Gasteiger partial charge is 0.345 e. The van der Waals surface area contributed by atoms with Crippen molar-refractivity contribution in [3.63, 3.8) is 0 Å². The molecule has 0 unspecified atom stereocenters. The molecule has 0 saturated heterocycles. The van der Waals surface area contributed by atoms with Crippen molar-refractivity contribution < 1.29 is 0 Å². The third-order valence-corrected chi connectivity index (χ3v) is 18.6. The number of benzene rings is 4. The van der Waals surface area contributed by atoms with Gasteiger partial charge in [0.2, 0.25) is 0 Å². The first kappa shape index (κ1) is 61.6. The summed E-state index contributed by atoms with van der Waals surface area (Å²) in [6.07, 6.45) is 40.4. The summed E-state index contributed by atoms with van der Waals surface area (Å²) in [6, 6.07) is 37.7. The van der Waals surface area contributed by atoms with E-state index in [9.17, 15) is 0 Å². The average Bonchev–Trinajstić information content (AvgIpc) is 3.74. The Balaban J connectivity index is 0.00000305. The molecule has 0 atom stereocenters. The monoisotopic (exact) mass is 1030 g/mol. The Bertz CT molecular complexity index is 2820. The van der Waals surface area contributed by atoms with E-state index in [-0.39, 0.29) is 0 Å². The number of hydrogen-bond donors (Lipinski definition) is 0. The van der Waals surface area contributed by atoms with E-state index in [1.54, 1.807) is 0 Å². The van der Waals surface area contributed by atoms with Crippen LogP contribution in [-0.4, -0.2) is 22.3 Å². The highest BCUT2D eigenvalue weighted by Crippen LogP contribution is 2.59. The van der Waals surface area contributed by atoms with Gasteiger partial charge in [0.05, 0.1) is 0 Å². The van der Waals surface area contributed by atoms with Gasteiger partial charge in [0, 0.05) is 57.6 Å². The molecule has 76 heavy (non-hydrogen) atoms. The van der Waals surface area contributed by atoms with Gasteiger partial charge in [0.25, 0.3) is 0 Å². The molecule has 0 bridgehead atoms. The Morgan fingerprint density at radius 3 is 1.80 bits per heavy atom. The number of allylic oxidation sites excluding steroid dienone is 19. The van der Waals surface area contributed by atoms with Gasteiger partial charge in [-0.25, -0.2) is 0 Å². The van der Waals surface area contributed by atoms with Crippen LogP contribution < -0.4 is 14.7 Å². The molecule has 2 aliphatic carbocycles. The van der Waals surface area contributed by atoms with Crippen molar-refractivity contribution in [1.29, 1.82) is 0 Å². The van der Waals surface area contributed by atoms with Crippen LogP contribution in [0.25, 0.3) is 11.1 Å². The van der Waals surface area contributed by atoms with E-state index in [0.29, 0.717) is 15.7 Å². The van der Waals surface area contributed by atoms with Gasteiger partial charge in [-0.15, -0.1) is 0 Å². The lowest BCUT2D eigenvalue weighted by molar-refractivity contribution is 0.828. The van der Waals surface area contributed by atoms with Gasteiger partial charge in [0.15, 0.2) is 0 Å². The number of rotatable bonds is 20. The van der Waals surface area contributed by atoms with Gasteiger partial charge in [-0.3, -0.25) is 0 Å². The molecular formula is C72H91N3S. The first-order chi connectivity index (χ1) is 37.0. The molecular weight excluding hydrogens is 939 g/mol. The minimum absolute atomic E-state index is 0.532. The smallest absolute Gasteiger partial charge is 0.0462 e. The summed E-state index contributed by atoms with van der Waals surface area (Å²) in [7, 11) is -1.15. The lowest BCUT2D eigenvalue weighted by atomic mass is 9.94. The highest BCUT2D eigenvalue weighted by Gasteiger charge is 2.33. The predicted octanol–water partition coefficient (Wildman–Crippen LogP) is 21.2. The second-order valence-corrected chi connectivity index (χ2v) is 23.5. The Labute approximate surface area is 464 Å². The zero-order valence-corrected chi connectivity index (χ0v) is 49.7. The molecule has 4 aromatic rings. The third-order valence-electron chi connectivity index (χ3n) is 13.5. The Hall–Kier alpha value is -6.93. The maximum absolute atomic E-state index is 4.17. The van der Waals surface area contributed by atoms with E-state index in [1.807, 2.05) is 33.8 Å². The molecule has 0 saturated carbocycles. The molecule has 0 spiro atoms. The Kier molecular flexibility index (Phi) is 26.3. The first-order valence-electron chi connectivity index (χ1n) is 28.0. The van der Waals surface area contributed by atoms with Gasteiger partial charge >= 0.3 is 0 Å². The normalized spacial score (nSPS) is 14.3. The molecule has 0 heterocycles. The molecule has 4 heteroatoms. The van der Waals surface area contributed by atoms with Crippen molar-refractivity contribution in [2.75, 3.05) is 21.2 Å². The van der Waals surface area contributed by atoms with Crippen LogP contribution in [0.4, 0.5) is 22.7 Å². The van der Waals surface area contributed by atoms with Crippen LogP contribution >= 0.6 is 10.0 Å². The zero-order chi connectivity index (χ0) is 55.5. The van der Waals surface area contributed by atoms with Gasteiger partial charge in [-0.2, -0.15) is 10.0 Å². The first-order valence-corrected chi connectivity index (χ1v) is 29.9. The number of hydrogen-bond acceptors (Lipinski definition) is 3. The Morgan fingerprint density at radius 1 is 0.632 bits per heavy atom. The molecule has 400 valence electrons. The van der Waals surface area contributed by atoms with Crippen molar-refractivity contribution in [3.8, 4) is 11.2 Å². The van der Waals surface area contributed by atoms with Crippen molar-refractivity contribution in [1.82, 2.24) is 0 Å². The molecule has 0 radical (unpaired) electrons. The summed E-state index contributed by atoms with van der Waals surface area (Å²) in [6.45, 7) is 35.4. The number of nitrogens with zero attached hydrogens (tertiary/aromatic N) is 3. The lowest BCUT2D eigenvalue weighted by Gasteiger charge is -2.46. The van der Waals surface area contributed by atoms with Crippen LogP contribution in [-0.2, 0) is 0 Å². The van der Waals surface area contributed by atoms with E-state index in [1.165, 1.54) is 33.7 Å². The minimum atomic E-state index is -1.15. The van der Waals surface area contributed by atoms with Gasteiger partial charge in [-0.05, 0) is 194 Å². The summed E-state index contributed by atoms with van der Waals surface area (Å²) in [5.41, 5.74) is 15.3. The molecule has 0 amide bonds. The summed E-state index contributed by atoms with van der Waals surface area (Å²) in [5.74, 6) is 3.67. The standard InChI is InChI=1S/C68H79N3S.2C2H6/c1-12-17-28-64(27-15-4)70(61(16-5)26-14-3)67-45-39-60(40-46-67)59-35-43-63(44-36-59)69(62-41-33-56(34-42-62)50-52-72(53(6)7,54(8)9)55(10)11)51-49-57(25-13-2)58-37-47-68(48-38-58)71(66-31-23-20-24-32-66)65-29-21-18-19-22-30-65;2*1-2/h12-18,20-35,37-43,45-48,53-55H,2,19,36,44,49,51H2,1,3-11H3;2*1-2H3/b17-12-,26-14-,27-15-,57-25+,61-16+,64-28+;;. The highest BCUT2D eigenvalue weighted by atomic mass is 32.3. The number of para-hydroxylation sites is 1. The van der Waals surface area contributed by atoms with Gasteiger partial charge < -0.3 is 14.7 Å². The summed E-state index contributed by atoms with van der Waals surface area (Å²) >= 11 is 0. The number of anilines is 4. The molecule has 0 N–H and O–H groups in total. The highest BCUT2D eigenvalue weighted by molar-refractivity contribution is 8.38. The zero-order valence-electron chi connectivity index (χ0n) is 48.9. The van der Waals surface area contributed by atoms with Crippen molar-refractivity contribution >= 4 is 43.9 Å². The second kappa shape index (κ2) is 32.5. The second-order valence-electron chi connectivity index (χ2n) is 18.9. The van der Waals surface area contributed by atoms with Crippen molar-refractivity contribution in [2.45, 2.75) is 138 Å². The summed E-state index contributed by atoms with van der Waals surface area (Å²) in [5, 5.41) is 5.49. The predicted molar refractivity (Wildman–Crippen MR) is 346 cm³/mol. The lowest BCUT2D eigenvalue weighted by Crippen LogP contribution is -2.27. The SMILES string of the molecule is C=C/C=C(\CCN(C1=CC=C(c2ccc(N(C(/C=C\C)=C/C)C(/C=C\C)=C/C=C\C)cc2)CC1)c1ccc(C#CS(C(C)C)(C(C)C)C(C)C)cc1)c1ccc(N(C2=CC=CCC=C2)c2ccccc2)cc1.CC.CC. The van der Waals surface area contributed by atoms with E-state index >= 15 is 0 Å². The molecule has 4 aromatic carbocycles. The fraction of sp³-hybridized carbons (Fsp3) is 0.306. The molecule has 0 aliphatic heterocycles. The van der Waals surface area contributed by atoms with Crippen LogP contribution in [0.2, 0.25) is 0 Å². The van der Waals surface area contributed by atoms with E-state index < -0.39 is 10.0 Å². The summed E-state index contributed by atoms with van der Waals surface area (Å²) in [4.78, 5) is 7.17. The maximum Gasteiger partial charge on any atom is 0.0462 e. The van der Waals surface area contributed by atoms with Gasteiger partial charge in [0.1, 0.15) is 0 Å². The average molecular weight is 1030 g/mol. The fourth-order valence-corrected chi connectivity index (χ4v) is 14.2. The molecule has 6 rings (SSSR count). The van der Waals surface area contributed by atoms with Crippen LogP contribution in [0, 0.1) is 11.2 Å². The molecule has 0 aromatic heterocycles. The maximum atomic E-state index is 4.17. The minimum Gasteiger partial charge on any atom is -0.345 e. The fourth-order valence-electron chi connectivity index (χ4n) is 9.97. The van der Waals surface area contributed by atoms with E-state index in [4.69, 9.17) is 0 Å². The van der Waals surface area contributed by atoms with Crippen molar-refractivity contribution in [3.05, 3.63) is 252 Å². The third kappa shape index (κ3) is 16.3. The molecule has 3 nitrogen and oxygen atoms in total. The van der Waals surface area contributed by atoms with E-state index in [2.05, 4.69) is 302 Å². The van der Waals surface area contributed by atoms with Gasteiger partial charge in [-0.1, -0.05) is 191 Å². The van der Waals surface area contributed by atoms with Crippen LogP contribution in [0.1, 0.15) is 139 Å². The summed E-state index contributed by atoms with van der Waals surface area (Å²) < 4.78 is 0. The van der Waals surface area contributed by atoms with E-state index in [0.717, 1.165) is 71.9 Å². The Morgan fingerprint density at radius 2 is 1.24 bits per heavy atom.